The molecule has 0 saturated heterocycles. The smallest absolute Gasteiger partial charge is 0.261 e. The standard InChI is InChI=1S/C16H16N4O2/c1-22-9-8-20-10-19-13-3-2-12(17)14(15(13)16(20)21)11-4-6-18-7-5-11/h2-7,10H,8-9,17H2,1H3. The maximum atomic E-state index is 12.8. The van der Waals surface area contributed by atoms with Gasteiger partial charge in [-0.25, -0.2) is 4.98 Å². The molecule has 0 bridgehead atoms. The number of pyridine rings is 1. The molecule has 2 heterocycles. The number of fused-ring (bicyclic) bond motifs is 1. The molecule has 0 amide bonds. The summed E-state index contributed by atoms with van der Waals surface area (Å²) in [7, 11) is 1.60. The van der Waals surface area contributed by atoms with Crippen LogP contribution in [0.1, 0.15) is 0 Å². The van der Waals surface area contributed by atoms with E-state index in [1.165, 1.54) is 10.9 Å². The first-order valence-electron chi connectivity index (χ1n) is 6.89. The third-order valence-electron chi connectivity index (χ3n) is 3.53. The Bertz CT molecular complexity index is 859. The molecule has 2 aromatic heterocycles. The fraction of sp³-hybridized carbons (Fsp3) is 0.188. The predicted octanol–water partition coefficient (Wildman–Crippen LogP) is 1.69. The highest BCUT2D eigenvalue weighted by Gasteiger charge is 2.13. The van der Waals surface area contributed by atoms with Crippen LogP contribution in [0, 0.1) is 0 Å². The molecule has 0 aliphatic heterocycles. The molecule has 0 unspecified atom stereocenters. The van der Waals surface area contributed by atoms with Gasteiger partial charge in [-0.05, 0) is 29.8 Å². The van der Waals surface area contributed by atoms with Gasteiger partial charge in [-0.2, -0.15) is 0 Å². The van der Waals surface area contributed by atoms with E-state index >= 15 is 0 Å². The van der Waals surface area contributed by atoms with Gasteiger partial charge >= 0.3 is 0 Å². The number of ether oxygens (including phenoxy) is 1. The molecule has 2 N–H and O–H groups in total. The lowest BCUT2D eigenvalue weighted by Gasteiger charge is -2.11. The molecule has 0 spiro atoms. The number of nitrogens with two attached hydrogens (primary N) is 1. The SMILES string of the molecule is COCCn1cnc2ccc(N)c(-c3ccncc3)c2c1=O. The van der Waals surface area contributed by atoms with Crippen LogP contribution in [0.3, 0.4) is 0 Å². The van der Waals surface area contributed by atoms with Crippen molar-refractivity contribution in [2.24, 2.45) is 0 Å². The van der Waals surface area contributed by atoms with Crippen molar-refractivity contribution < 1.29 is 4.74 Å². The Kier molecular flexibility index (Phi) is 3.84. The van der Waals surface area contributed by atoms with Gasteiger partial charge in [-0.1, -0.05) is 0 Å². The van der Waals surface area contributed by atoms with Crippen molar-refractivity contribution in [2.45, 2.75) is 6.54 Å². The zero-order valence-electron chi connectivity index (χ0n) is 12.2. The van der Waals surface area contributed by atoms with E-state index < -0.39 is 0 Å². The van der Waals surface area contributed by atoms with E-state index in [0.29, 0.717) is 35.3 Å². The largest absolute Gasteiger partial charge is 0.398 e. The summed E-state index contributed by atoms with van der Waals surface area (Å²) in [6.07, 6.45) is 4.89. The fourth-order valence-corrected chi connectivity index (χ4v) is 2.44. The quantitative estimate of drug-likeness (QED) is 0.741. The van der Waals surface area contributed by atoms with Crippen molar-refractivity contribution in [1.82, 2.24) is 14.5 Å². The van der Waals surface area contributed by atoms with Crippen LogP contribution in [-0.2, 0) is 11.3 Å². The summed E-state index contributed by atoms with van der Waals surface area (Å²) in [5.41, 5.74) is 8.71. The molecular formula is C16H16N4O2. The average molecular weight is 296 g/mol. The summed E-state index contributed by atoms with van der Waals surface area (Å²) >= 11 is 0. The number of anilines is 1. The first-order chi connectivity index (χ1) is 10.7. The molecule has 1 aromatic carbocycles. The van der Waals surface area contributed by atoms with Crippen molar-refractivity contribution in [2.75, 3.05) is 19.5 Å². The summed E-state index contributed by atoms with van der Waals surface area (Å²) in [6, 6.07) is 7.19. The number of benzene rings is 1. The zero-order chi connectivity index (χ0) is 15.5. The first-order valence-corrected chi connectivity index (χ1v) is 6.89. The predicted molar refractivity (Wildman–Crippen MR) is 85.5 cm³/mol. The van der Waals surface area contributed by atoms with Crippen LogP contribution in [-0.4, -0.2) is 28.3 Å². The van der Waals surface area contributed by atoms with Crippen molar-refractivity contribution in [3.05, 3.63) is 53.3 Å². The molecule has 0 aliphatic rings. The molecule has 6 heteroatoms. The number of hydrogen-bond donors (Lipinski definition) is 1. The van der Waals surface area contributed by atoms with Crippen LogP contribution in [0.4, 0.5) is 5.69 Å². The van der Waals surface area contributed by atoms with Crippen LogP contribution >= 0.6 is 0 Å². The highest BCUT2D eigenvalue weighted by atomic mass is 16.5. The maximum absolute atomic E-state index is 12.8. The third-order valence-corrected chi connectivity index (χ3v) is 3.53. The topological polar surface area (TPSA) is 83.0 Å². The molecule has 3 rings (SSSR count). The Morgan fingerprint density at radius 2 is 2.00 bits per heavy atom. The Balaban J connectivity index is 2.31. The summed E-state index contributed by atoms with van der Waals surface area (Å²) in [6.45, 7) is 0.892. The molecule has 112 valence electrons. The van der Waals surface area contributed by atoms with E-state index in [9.17, 15) is 4.79 Å². The highest BCUT2D eigenvalue weighted by Crippen LogP contribution is 2.30. The van der Waals surface area contributed by atoms with Crippen molar-refractivity contribution >= 4 is 16.6 Å². The molecule has 22 heavy (non-hydrogen) atoms. The summed E-state index contributed by atoms with van der Waals surface area (Å²) in [5, 5.41) is 0.518. The van der Waals surface area contributed by atoms with E-state index in [2.05, 4.69) is 9.97 Å². The second-order valence-electron chi connectivity index (χ2n) is 4.90. The number of hydrogen-bond acceptors (Lipinski definition) is 5. The Labute approximate surface area is 127 Å². The van der Waals surface area contributed by atoms with Gasteiger partial charge in [0.2, 0.25) is 0 Å². The highest BCUT2D eigenvalue weighted by molar-refractivity contribution is 6.00. The molecule has 0 atom stereocenters. The minimum atomic E-state index is -0.124. The molecule has 6 nitrogen and oxygen atoms in total. The number of nitrogen functional groups attached to an aromatic ring is 1. The van der Waals surface area contributed by atoms with Gasteiger partial charge in [0.05, 0.1) is 30.4 Å². The first kappa shape index (κ1) is 14.2. The minimum Gasteiger partial charge on any atom is -0.398 e. The minimum absolute atomic E-state index is 0.124. The van der Waals surface area contributed by atoms with E-state index in [1.807, 2.05) is 12.1 Å². The average Bonchev–Trinajstić information content (AvgIpc) is 2.55. The lowest BCUT2D eigenvalue weighted by molar-refractivity contribution is 0.186. The summed E-state index contributed by atoms with van der Waals surface area (Å²) in [5.74, 6) is 0. The van der Waals surface area contributed by atoms with Crippen LogP contribution in [0.2, 0.25) is 0 Å². The molecule has 0 fully saturated rings. The van der Waals surface area contributed by atoms with Gasteiger partial charge in [0.25, 0.3) is 5.56 Å². The van der Waals surface area contributed by atoms with Crippen molar-refractivity contribution in [3.8, 4) is 11.1 Å². The van der Waals surface area contributed by atoms with Gasteiger partial charge in [0, 0.05) is 30.8 Å². The second kappa shape index (κ2) is 5.95. The van der Waals surface area contributed by atoms with Crippen LogP contribution < -0.4 is 11.3 Å². The summed E-state index contributed by atoms with van der Waals surface area (Å²) < 4.78 is 6.57. The van der Waals surface area contributed by atoms with Crippen molar-refractivity contribution in [3.63, 3.8) is 0 Å². The van der Waals surface area contributed by atoms with Gasteiger partial charge < -0.3 is 10.5 Å². The second-order valence-corrected chi connectivity index (χ2v) is 4.90. The molecule has 0 saturated carbocycles. The van der Waals surface area contributed by atoms with E-state index in [4.69, 9.17) is 10.5 Å². The van der Waals surface area contributed by atoms with Gasteiger partial charge in [-0.15, -0.1) is 0 Å². The lowest BCUT2D eigenvalue weighted by atomic mass is 10.0. The fourth-order valence-electron chi connectivity index (χ4n) is 2.44. The monoisotopic (exact) mass is 296 g/mol. The Morgan fingerprint density at radius 1 is 1.23 bits per heavy atom. The van der Waals surface area contributed by atoms with Gasteiger partial charge in [0.1, 0.15) is 0 Å². The Morgan fingerprint density at radius 3 is 2.73 bits per heavy atom. The summed E-state index contributed by atoms with van der Waals surface area (Å²) in [4.78, 5) is 21.1. The zero-order valence-corrected chi connectivity index (χ0v) is 12.2. The molecule has 3 aromatic rings. The van der Waals surface area contributed by atoms with Gasteiger partial charge in [0.15, 0.2) is 0 Å². The Hall–Kier alpha value is -2.73. The number of nitrogens with zero attached hydrogens (tertiary/aromatic N) is 3. The van der Waals surface area contributed by atoms with Crippen LogP contribution in [0.5, 0.6) is 0 Å². The van der Waals surface area contributed by atoms with Crippen LogP contribution in [0.25, 0.3) is 22.0 Å². The molecular weight excluding hydrogens is 280 g/mol. The number of rotatable bonds is 4. The normalized spacial score (nSPS) is 11.0. The third kappa shape index (κ3) is 2.44. The van der Waals surface area contributed by atoms with Crippen LogP contribution in [0.15, 0.2) is 47.8 Å². The van der Waals surface area contributed by atoms with Gasteiger partial charge in [-0.3, -0.25) is 14.3 Å². The van der Waals surface area contributed by atoms with E-state index in [-0.39, 0.29) is 5.56 Å². The van der Waals surface area contributed by atoms with Crippen molar-refractivity contribution in [1.29, 1.82) is 0 Å². The molecule has 0 radical (unpaired) electrons. The van der Waals surface area contributed by atoms with E-state index in [1.54, 1.807) is 31.6 Å². The number of methoxy groups -OCH3 is 1. The maximum Gasteiger partial charge on any atom is 0.261 e. The molecule has 0 aliphatic carbocycles. The van der Waals surface area contributed by atoms with E-state index in [0.717, 1.165) is 5.56 Å². The number of aromatic nitrogens is 3. The lowest BCUT2D eigenvalue weighted by Crippen LogP contribution is -2.23.